The van der Waals surface area contributed by atoms with Gasteiger partial charge in [-0.25, -0.2) is 0 Å². The van der Waals surface area contributed by atoms with Gasteiger partial charge in [0.1, 0.15) is 0 Å². The van der Waals surface area contributed by atoms with Crippen LogP contribution >= 0.6 is 0 Å². The molecule has 0 saturated carbocycles. The van der Waals surface area contributed by atoms with E-state index in [0.717, 1.165) is 26.2 Å². The van der Waals surface area contributed by atoms with Gasteiger partial charge >= 0.3 is 11.9 Å². The lowest BCUT2D eigenvalue weighted by molar-refractivity contribution is -0.147. The highest BCUT2D eigenvalue weighted by Crippen LogP contribution is 1.99. The standard InChI is InChI=1S/C11H20N2O4/c1-12-4-6-13(7-5-12)9-11(16)17-8-2-3-10(14)15/h2-9H2,1H3,(H,14,15). The molecule has 1 aliphatic heterocycles. The Morgan fingerprint density at radius 1 is 1.24 bits per heavy atom. The summed E-state index contributed by atoms with van der Waals surface area (Å²) in [6.07, 6.45) is 0.422. The molecule has 6 nitrogen and oxygen atoms in total. The van der Waals surface area contributed by atoms with Gasteiger partial charge in [-0.15, -0.1) is 0 Å². The van der Waals surface area contributed by atoms with E-state index in [-0.39, 0.29) is 19.0 Å². The van der Waals surface area contributed by atoms with Crippen LogP contribution in [0.15, 0.2) is 0 Å². The molecule has 1 saturated heterocycles. The summed E-state index contributed by atoms with van der Waals surface area (Å²) in [6, 6.07) is 0. The number of aliphatic carboxylic acids is 1. The Hall–Kier alpha value is -1.14. The number of carbonyl (C=O) groups excluding carboxylic acids is 1. The lowest BCUT2D eigenvalue weighted by Gasteiger charge is -2.31. The fourth-order valence-electron chi connectivity index (χ4n) is 1.64. The minimum absolute atomic E-state index is 0.0434. The summed E-state index contributed by atoms with van der Waals surface area (Å²) < 4.78 is 4.96. The number of nitrogens with zero attached hydrogens (tertiary/aromatic N) is 2. The third-order valence-electron chi connectivity index (χ3n) is 2.75. The largest absolute Gasteiger partial charge is 0.481 e. The molecule has 0 bridgehead atoms. The van der Waals surface area contributed by atoms with Gasteiger partial charge in [0.2, 0.25) is 0 Å². The maximum absolute atomic E-state index is 11.4. The predicted octanol–water partition coefficient (Wildman–Crippen LogP) is -0.358. The van der Waals surface area contributed by atoms with Crippen LogP contribution in [0.5, 0.6) is 0 Å². The smallest absolute Gasteiger partial charge is 0.320 e. The number of hydrogen-bond acceptors (Lipinski definition) is 5. The molecule has 17 heavy (non-hydrogen) atoms. The molecular formula is C11H20N2O4. The Bertz CT molecular complexity index is 262. The molecule has 0 aromatic carbocycles. The molecule has 1 aliphatic rings. The summed E-state index contributed by atoms with van der Waals surface area (Å²) in [6.45, 7) is 4.18. The summed E-state index contributed by atoms with van der Waals surface area (Å²) in [5, 5.41) is 8.41. The number of esters is 1. The van der Waals surface area contributed by atoms with Crippen molar-refractivity contribution in [1.29, 1.82) is 0 Å². The molecule has 0 aromatic rings. The van der Waals surface area contributed by atoms with E-state index in [1.54, 1.807) is 0 Å². The van der Waals surface area contributed by atoms with Crippen LogP contribution in [0.2, 0.25) is 0 Å². The van der Waals surface area contributed by atoms with Crippen molar-refractivity contribution in [3.05, 3.63) is 0 Å². The first-order valence-corrected chi connectivity index (χ1v) is 5.86. The molecule has 6 heteroatoms. The summed E-state index contributed by atoms with van der Waals surface area (Å²) in [7, 11) is 2.06. The highest BCUT2D eigenvalue weighted by molar-refractivity contribution is 5.71. The molecule has 1 N–H and O–H groups in total. The molecule has 0 unspecified atom stereocenters. The zero-order valence-corrected chi connectivity index (χ0v) is 10.2. The van der Waals surface area contributed by atoms with Gasteiger partial charge in [0, 0.05) is 32.6 Å². The Morgan fingerprint density at radius 2 is 1.88 bits per heavy atom. The zero-order chi connectivity index (χ0) is 12.7. The number of carboxylic acids is 1. The summed E-state index contributed by atoms with van der Waals surface area (Å²) in [5.41, 5.74) is 0. The first-order chi connectivity index (χ1) is 8.08. The van der Waals surface area contributed by atoms with Crippen LogP contribution < -0.4 is 0 Å². The van der Waals surface area contributed by atoms with E-state index in [2.05, 4.69) is 16.8 Å². The molecule has 0 amide bonds. The molecule has 1 rings (SSSR count). The Morgan fingerprint density at radius 3 is 2.47 bits per heavy atom. The molecule has 98 valence electrons. The average molecular weight is 244 g/mol. The third kappa shape index (κ3) is 6.23. The van der Waals surface area contributed by atoms with Gasteiger partial charge in [-0.2, -0.15) is 0 Å². The first kappa shape index (κ1) is 13.9. The second kappa shape index (κ2) is 7.24. The van der Waals surface area contributed by atoms with Crippen molar-refractivity contribution < 1.29 is 19.4 Å². The van der Waals surface area contributed by atoms with Gasteiger partial charge in [-0.3, -0.25) is 14.5 Å². The molecule has 1 heterocycles. The normalized spacial score (nSPS) is 17.9. The van der Waals surface area contributed by atoms with E-state index in [9.17, 15) is 9.59 Å². The van der Waals surface area contributed by atoms with E-state index < -0.39 is 5.97 Å². The highest BCUT2D eigenvalue weighted by Gasteiger charge is 2.16. The van der Waals surface area contributed by atoms with Crippen LogP contribution in [-0.2, 0) is 14.3 Å². The Kier molecular flexibility index (Phi) is 5.93. The van der Waals surface area contributed by atoms with Crippen LogP contribution in [0, 0.1) is 0 Å². The van der Waals surface area contributed by atoms with E-state index >= 15 is 0 Å². The SMILES string of the molecule is CN1CCN(CC(=O)OCCCC(=O)O)CC1. The van der Waals surface area contributed by atoms with Crippen molar-refractivity contribution in [2.24, 2.45) is 0 Å². The van der Waals surface area contributed by atoms with E-state index in [1.165, 1.54) is 0 Å². The van der Waals surface area contributed by atoms with Crippen molar-refractivity contribution >= 4 is 11.9 Å². The van der Waals surface area contributed by atoms with Crippen molar-refractivity contribution in [1.82, 2.24) is 9.80 Å². The number of carboxylic acid groups (broad SMARTS) is 1. The highest BCUT2D eigenvalue weighted by atomic mass is 16.5. The minimum atomic E-state index is -0.861. The van der Waals surface area contributed by atoms with Crippen molar-refractivity contribution in [3.8, 4) is 0 Å². The average Bonchev–Trinajstić information content (AvgIpc) is 2.27. The molecule has 0 atom stereocenters. The van der Waals surface area contributed by atoms with Crippen molar-refractivity contribution in [2.75, 3.05) is 46.4 Å². The molecule has 0 spiro atoms. The van der Waals surface area contributed by atoms with Gasteiger partial charge in [-0.1, -0.05) is 0 Å². The number of ether oxygens (including phenoxy) is 1. The maximum Gasteiger partial charge on any atom is 0.320 e. The van der Waals surface area contributed by atoms with Gasteiger partial charge in [0.05, 0.1) is 13.2 Å². The lowest BCUT2D eigenvalue weighted by atomic mass is 10.3. The number of piperazine rings is 1. The molecule has 0 aliphatic carbocycles. The molecule has 0 radical (unpaired) electrons. The summed E-state index contributed by atoms with van der Waals surface area (Å²) in [5.74, 6) is -1.12. The first-order valence-electron chi connectivity index (χ1n) is 5.86. The van der Waals surface area contributed by atoms with Crippen LogP contribution in [0.1, 0.15) is 12.8 Å². The van der Waals surface area contributed by atoms with Gasteiger partial charge in [-0.05, 0) is 13.5 Å². The number of likely N-dealkylation sites (N-methyl/N-ethyl adjacent to an activating group) is 1. The quantitative estimate of drug-likeness (QED) is 0.508. The maximum atomic E-state index is 11.4. The van der Waals surface area contributed by atoms with Crippen LogP contribution in [0.3, 0.4) is 0 Å². The van der Waals surface area contributed by atoms with Gasteiger partial charge < -0.3 is 14.7 Å². The molecular weight excluding hydrogens is 224 g/mol. The van der Waals surface area contributed by atoms with E-state index in [1.807, 2.05) is 0 Å². The van der Waals surface area contributed by atoms with Crippen LogP contribution in [0.25, 0.3) is 0 Å². The summed E-state index contributed by atoms with van der Waals surface area (Å²) in [4.78, 5) is 25.9. The fraction of sp³-hybridized carbons (Fsp3) is 0.818. The lowest BCUT2D eigenvalue weighted by Crippen LogP contribution is -2.46. The number of hydrogen-bond donors (Lipinski definition) is 1. The Balaban J connectivity index is 2.06. The third-order valence-corrected chi connectivity index (χ3v) is 2.75. The molecule has 1 fully saturated rings. The van der Waals surface area contributed by atoms with Crippen LogP contribution in [0.4, 0.5) is 0 Å². The van der Waals surface area contributed by atoms with Crippen molar-refractivity contribution in [2.45, 2.75) is 12.8 Å². The second-order valence-electron chi connectivity index (χ2n) is 4.30. The van der Waals surface area contributed by atoms with Gasteiger partial charge in [0.25, 0.3) is 0 Å². The second-order valence-corrected chi connectivity index (χ2v) is 4.30. The monoisotopic (exact) mass is 244 g/mol. The van der Waals surface area contributed by atoms with E-state index in [0.29, 0.717) is 13.0 Å². The van der Waals surface area contributed by atoms with Crippen LogP contribution in [-0.4, -0.2) is 73.2 Å². The minimum Gasteiger partial charge on any atom is -0.481 e. The number of carbonyl (C=O) groups is 2. The van der Waals surface area contributed by atoms with Crippen molar-refractivity contribution in [3.63, 3.8) is 0 Å². The predicted molar refractivity (Wildman–Crippen MR) is 61.8 cm³/mol. The zero-order valence-electron chi connectivity index (χ0n) is 10.2. The topological polar surface area (TPSA) is 70.1 Å². The Labute approximate surface area is 101 Å². The summed E-state index contributed by atoms with van der Waals surface area (Å²) >= 11 is 0. The molecule has 0 aromatic heterocycles. The van der Waals surface area contributed by atoms with E-state index in [4.69, 9.17) is 9.84 Å². The fourth-order valence-corrected chi connectivity index (χ4v) is 1.64. The van der Waals surface area contributed by atoms with Gasteiger partial charge in [0.15, 0.2) is 0 Å². The number of rotatable bonds is 6.